The maximum absolute atomic E-state index is 9.59. The van der Waals surface area contributed by atoms with Crippen LogP contribution >= 0.6 is 0 Å². The van der Waals surface area contributed by atoms with Crippen LogP contribution in [0.15, 0.2) is 30.3 Å². The average molecular weight is 284 g/mol. The van der Waals surface area contributed by atoms with E-state index < -0.39 is 0 Å². The molecule has 4 nitrogen and oxygen atoms in total. The number of ether oxygens (including phenoxy) is 3. The number of carbonyl (C=O) groups is 1. The third-order valence-corrected chi connectivity index (χ3v) is 2.16. The summed E-state index contributed by atoms with van der Waals surface area (Å²) in [4.78, 5) is 9.59. The molecule has 0 heterocycles. The Labute approximate surface area is 123 Å². The summed E-state index contributed by atoms with van der Waals surface area (Å²) in [6.45, 7) is 4.94. The first-order chi connectivity index (χ1) is 9.62. The van der Waals surface area contributed by atoms with Crippen LogP contribution in [0.3, 0.4) is 0 Å². The smallest absolute Gasteiger partial charge is 0.302 e. The zero-order valence-corrected chi connectivity index (χ0v) is 13.3. The van der Waals surface area contributed by atoms with Gasteiger partial charge in [-0.2, -0.15) is 0 Å². The molecule has 0 saturated heterocycles. The van der Waals surface area contributed by atoms with E-state index in [1.807, 2.05) is 0 Å². The van der Waals surface area contributed by atoms with Crippen molar-refractivity contribution in [2.45, 2.75) is 26.7 Å². The normalized spacial score (nSPS) is 8.65. The fourth-order valence-corrected chi connectivity index (χ4v) is 1.10. The third-order valence-electron chi connectivity index (χ3n) is 2.16. The lowest BCUT2D eigenvalue weighted by atomic mass is 10.1. The number of carbonyl (C=O) groups excluding carboxylic acids is 1. The largest absolute Gasteiger partial charge is 0.469 e. The standard InChI is InChI=1S/C9H12.C4H10O2.C3H6O2/c1-2-6-9-7-4-3-5-8-9;1-5-3-4-6-2;1-3(4)5-2/h3-5,7-8H,2,6H2,1H3;3-4H2,1-2H3;1-2H3. The summed E-state index contributed by atoms with van der Waals surface area (Å²) in [7, 11) is 4.65. The van der Waals surface area contributed by atoms with Gasteiger partial charge in [-0.15, -0.1) is 0 Å². The second-order valence-corrected chi connectivity index (χ2v) is 3.92. The fourth-order valence-electron chi connectivity index (χ4n) is 1.10. The summed E-state index contributed by atoms with van der Waals surface area (Å²) >= 11 is 0. The van der Waals surface area contributed by atoms with Gasteiger partial charge in [-0.25, -0.2) is 0 Å². The van der Waals surface area contributed by atoms with Gasteiger partial charge in [0.1, 0.15) is 0 Å². The molecule has 0 aliphatic carbocycles. The van der Waals surface area contributed by atoms with Gasteiger partial charge in [-0.3, -0.25) is 4.79 Å². The van der Waals surface area contributed by atoms with Gasteiger partial charge < -0.3 is 14.2 Å². The summed E-state index contributed by atoms with van der Waals surface area (Å²) in [5.74, 6) is -0.245. The summed E-state index contributed by atoms with van der Waals surface area (Å²) in [6.07, 6.45) is 2.45. The van der Waals surface area contributed by atoms with Crippen molar-refractivity contribution in [1.82, 2.24) is 0 Å². The zero-order valence-electron chi connectivity index (χ0n) is 13.3. The van der Waals surface area contributed by atoms with Crippen molar-refractivity contribution in [3.8, 4) is 0 Å². The van der Waals surface area contributed by atoms with E-state index in [2.05, 4.69) is 51.5 Å². The van der Waals surface area contributed by atoms with Crippen molar-refractivity contribution in [2.75, 3.05) is 34.5 Å². The molecule has 0 amide bonds. The maximum atomic E-state index is 9.59. The Hall–Kier alpha value is -1.39. The van der Waals surface area contributed by atoms with E-state index in [1.165, 1.54) is 32.4 Å². The van der Waals surface area contributed by atoms with Gasteiger partial charge in [0.2, 0.25) is 0 Å². The highest BCUT2D eigenvalue weighted by Crippen LogP contribution is 2.00. The van der Waals surface area contributed by atoms with Crippen LogP contribution < -0.4 is 0 Å². The number of hydrogen-bond acceptors (Lipinski definition) is 4. The van der Waals surface area contributed by atoms with Crippen molar-refractivity contribution in [2.24, 2.45) is 0 Å². The molecule has 0 unspecified atom stereocenters. The minimum absolute atomic E-state index is 0.245. The molecule has 0 aliphatic heterocycles. The minimum Gasteiger partial charge on any atom is -0.469 e. The van der Waals surface area contributed by atoms with Gasteiger partial charge in [-0.05, 0) is 12.0 Å². The van der Waals surface area contributed by atoms with E-state index in [1.54, 1.807) is 14.2 Å². The Morgan fingerprint density at radius 2 is 1.45 bits per heavy atom. The molecule has 116 valence electrons. The Morgan fingerprint density at radius 3 is 1.75 bits per heavy atom. The van der Waals surface area contributed by atoms with Crippen LogP contribution in [0, 0.1) is 0 Å². The first kappa shape index (κ1) is 20.9. The molecular formula is C16H28O4. The molecule has 1 aromatic rings. The average Bonchev–Trinajstić information content (AvgIpc) is 2.48. The van der Waals surface area contributed by atoms with Gasteiger partial charge in [0.15, 0.2) is 0 Å². The minimum atomic E-state index is -0.245. The number of methoxy groups -OCH3 is 3. The van der Waals surface area contributed by atoms with E-state index in [9.17, 15) is 4.79 Å². The van der Waals surface area contributed by atoms with E-state index in [0.717, 1.165) is 0 Å². The molecule has 0 aliphatic rings. The second kappa shape index (κ2) is 17.6. The summed E-state index contributed by atoms with van der Waals surface area (Å²) < 4.78 is 13.4. The van der Waals surface area contributed by atoms with Crippen LogP contribution in [0.25, 0.3) is 0 Å². The van der Waals surface area contributed by atoms with E-state index in [0.29, 0.717) is 13.2 Å². The molecule has 0 fully saturated rings. The molecule has 1 rings (SSSR count). The highest BCUT2D eigenvalue weighted by Gasteiger charge is 1.84. The Bertz CT molecular complexity index is 295. The SMILES string of the molecule is CCCc1ccccc1.COC(C)=O.COCCOC. The van der Waals surface area contributed by atoms with Crippen molar-refractivity contribution in [1.29, 1.82) is 0 Å². The van der Waals surface area contributed by atoms with Gasteiger partial charge in [0.05, 0.1) is 20.3 Å². The van der Waals surface area contributed by atoms with Crippen LogP contribution in [0.5, 0.6) is 0 Å². The van der Waals surface area contributed by atoms with Gasteiger partial charge >= 0.3 is 5.97 Å². The highest BCUT2D eigenvalue weighted by molar-refractivity contribution is 5.65. The van der Waals surface area contributed by atoms with Crippen LogP contribution in [-0.4, -0.2) is 40.5 Å². The van der Waals surface area contributed by atoms with Crippen LogP contribution in [0.1, 0.15) is 25.8 Å². The lowest BCUT2D eigenvalue weighted by Gasteiger charge is -1.93. The predicted octanol–water partition coefficient (Wildman–Crippen LogP) is 3.10. The monoisotopic (exact) mass is 284 g/mol. The Morgan fingerprint density at radius 1 is 1.00 bits per heavy atom. The zero-order chi connectivity index (χ0) is 15.6. The summed E-state index contributed by atoms with van der Waals surface area (Å²) in [6, 6.07) is 10.6. The van der Waals surface area contributed by atoms with E-state index in [4.69, 9.17) is 0 Å². The summed E-state index contributed by atoms with van der Waals surface area (Å²) in [5.41, 5.74) is 1.44. The molecule has 1 aromatic carbocycles. The van der Waals surface area contributed by atoms with E-state index in [-0.39, 0.29) is 5.97 Å². The molecule has 0 bridgehead atoms. The molecule has 0 spiro atoms. The van der Waals surface area contributed by atoms with Crippen molar-refractivity contribution in [3.63, 3.8) is 0 Å². The number of aryl methyl sites for hydroxylation is 1. The Balaban J connectivity index is 0. The quantitative estimate of drug-likeness (QED) is 0.615. The number of benzene rings is 1. The van der Waals surface area contributed by atoms with E-state index >= 15 is 0 Å². The van der Waals surface area contributed by atoms with Gasteiger partial charge in [-0.1, -0.05) is 43.7 Å². The van der Waals surface area contributed by atoms with Crippen LogP contribution in [0.2, 0.25) is 0 Å². The highest BCUT2D eigenvalue weighted by atomic mass is 16.5. The molecule has 0 radical (unpaired) electrons. The Kier molecular flexibility index (Phi) is 18.4. The topological polar surface area (TPSA) is 44.8 Å². The fraction of sp³-hybridized carbons (Fsp3) is 0.562. The lowest BCUT2D eigenvalue weighted by Crippen LogP contribution is -1.96. The molecule has 20 heavy (non-hydrogen) atoms. The van der Waals surface area contributed by atoms with Crippen LogP contribution in [0.4, 0.5) is 0 Å². The summed E-state index contributed by atoms with van der Waals surface area (Å²) in [5, 5.41) is 0. The first-order valence-electron chi connectivity index (χ1n) is 6.68. The molecule has 0 saturated carbocycles. The third kappa shape index (κ3) is 19.0. The van der Waals surface area contributed by atoms with Crippen molar-refractivity contribution >= 4 is 5.97 Å². The lowest BCUT2D eigenvalue weighted by molar-refractivity contribution is -0.137. The van der Waals surface area contributed by atoms with Gasteiger partial charge in [0.25, 0.3) is 0 Å². The molecule has 0 atom stereocenters. The maximum Gasteiger partial charge on any atom is 0.302 e. The number of esters is 1. The van der Waals surface area contributed by atoms with Crippen molar-refractivity contribution in [3.05, 3.63) is 35.9 Å². The van der Waals surface area contributed by atoms with Crippen molar-refractivity contribution < 1.29 is 19.0 Å². The molecular weight excluding hydrogens is 256 g/mol. The number of hydrogen-bond donors (Lipinski definition) is 0. The molecule has 0 N–H and O–H groups in total. The molecule has 4 heteroatoms. The molecule has 0 aromatic heterocycles. The van der Waals surface area contributed by atoms with Crippen LogP contribution in [-0.2, 0) is 25.4 Å². The second-order valence-electron chi connectivity index (χ2n) is 3.92. The predicted molar refractivity (Wildman–Crippen MR) is 81.9 cm³/mol. The number of rotatable bonds is 5. The first-order valence-corrected chi connectivity index (χ1v) is 6.68. The van der Waals surface area contributed by atoms with Gasteiger partial charge in [0, 0.05) is 21.1 Å².